The number of methoxy groups -OCH3 is 1. The Morgan fingerprint density at radius 2 is 1.89 bits per heavy atom. The maximum absolute atomic E-state index is 12.0. The highest BCUT2D eigenvalue weighted by Crippen LogP contribution is 2.12. The molecule has 1 aromatic rings. The number of hydrogen-bond acceptors (Lipinski definition) is 5. The van der Waals surface area contributed by atoms with Gasteiger partial charge in [0.15, 0.2) is 5.76 Å². The number of nitrogens with one attached hydrogen (secondary N) is 1. The quantitative estimate of drug-likeness (QED) is 0.797. The van der Waals surface area contributed by atoms with Crippen molar-refractivity contribution in [3.05, 3.63) is 23.7 Å². The molecular formula is C11H15ClN2O4. The van der Waals surface area contributed by atoms with Crippen LogP contribution in [0.25, 0.3) is 0 Å². The first-order valence-corrected chi connectivity index (χ1v) is 5.40. The number of carbonyl (C=O) groups excluding carboxylic acids is 2. The molecule has 100 valence electrons. The summed E-state index contributed by atoms with van der Waals surface area (Å²) in [6, 6.07) is 2.94. The van der Waals surface area contributed by atoms with Crippen molar-refractivity contribution in [1.82, 2.24) is 10.2 Å². The van der Waals surface area contributed by atoms with Crippen LogP contribution < -0.4 is 5.32 Å². The smallest absolute Gasteiger partial charge is 0.373 e. The molecule has 0 atom stereocenters. The molecule has 7 heteroatoms. The van der Waals surface area contributed by atoms with Gasteiger partial charge in [0.1, 0.15) is 0 Å². The fourth-order valence-electron chi connectivity index (χ4n) is 1.69. The molecule has 0 unspecified atom stereocenters. The van der Waals surface area contributed by atoms with Crippen molar-refractivity contribution in [1.29, 1.82) is 0 Å². The molecule has 0 bridgehead atoms. The maximum Gasteiger partial charge on any atom is 0.373 e. The Labute approximate surface area is 111 Å². The molecule has 2 rings (SSSR count). The zero-order valence-corrected chi connectivity index (χ0v) is 10.8. The summed E-state index contributed by atoms with van der Waals surface area (Å²) in [6.45, 7) is 2.84. The molecule has 1 saturated heterocycles. The minimum atomic E-state index is -0.579. The van der Waals surface area contributed by atoms with E-state index in [4.69, 9.17) is 4.42 Å². The maximum atomic E-state index is 12.0. The zero-order valence-electron chi connectivity index (χ0n) is 9.97. The van der Waals surface area contributed by atoms with Gasteiger partial charge in [-0.25, -0.2) is 4.79 Å². The lowest BCUT2D eigenvalue weighted by Crippen LogP contribution is -2.46. The Morgan fingerprint density at radius 3 is 2.50 bits per heavy atom. The van der Waals surface area contributed by atoms with E-state index in [-0.39, 0.29) is 29.8 Å². The minimum absolute atomic E-state index is 0. The average Bonchev–Trinajstić information content (AvgIpc) is 2.87. The molecule has 6 nitrogen and oxygen atoms in total. The first kappa shape index (κ1) is 14.5. The largest absolute Gasteiger partial charge is 0.463 e. The van der Waals surface area contributed by atoms with Crippen LogP contribution in [-0.4, -0.2) is 50.1 Å². The van der Waals surface area contributed by atoms with Gasteiger partial charge in [-0.2, -0.15) is 0 Å². The van der Waals surface area contributed by atoms with Crippen LogP contribution in [0.15, 0.2) is 16.5 Å². The van der Waals surface area contributed by atoms with Gasteiger partial charge in [-0.3, -0.25) is 4.79 Å². The van der Waals surface area contributed by atoms with Crippen molar-refractivity contribution in [2.24, 2.45) is 0 Å². The Balaban J connectivity index is 0.00000162. The van der Waals surface area contributed by atoms with E-state index >= 15 is 0 Å². The Morgan fingerprint density at radius 1 is 1.28 bits per heavy atom. The van der Waals surface area contributed by atoms with Gasteiger partial charge in [-0.05, 0) is 12.1 Å². The van der Waals surface area contributed by atoms with Crippen LogP contribution in [0.4, 0.5) is 0 Å². The standard InChI is InChI=1S/C11H14N2O4.ClH/c1-16-11(15)9-3-2-8(17-9)10(14)13-6-4-12-5-7-13;/h2-3,12H,4-7H2,1H3;1H. The number of amides is 1. The van der Waals surface area contributed by atoms with Crippen LogP contribution in [0.1, 0.15) is 21.1 Å². The Kier molecular flexibility index (Phi) is 5.18. The number of ether oxygens (including phenoxy) is 1. The number of nitrogens with zero attached hydrogens (tertiary/aromatic N) is 1. The normalized spacial score (nSPS) is 14.8. The lowest BCUT2D eigenvalue weighted by Gasteiger charge is -2.26. The molecule has 0 saturated carbocycles. The van der Waals surface area contributed by atoms with Gasteiger partial charge in [-0.15, -0.1) is 12.4 Å². The monoisotopic (exact) mass is 274 g/mol. The van der Waals surface area contributed by atoms with Gasteiger partial charge in [0.25, 0.3) is 5.91 Å². The molecule has 1 amide bonds. The van der Waals surface area contributed by atoms with E-state index in [1.165, 1.54) is 19.2 Å². The van der Waals surface area contributed by atoms with E-state index in [1.807, 2.05) is 0 Å². The van der Waals surface area contributed by atoms with E-state index in [0.717, 1.165) is 13.1 Å². The van der Waals surface area contributed by atoms with Gasteiger partial charge in [0.2, 0.25) is 5.76 Å². The van der Waals surface area contributed by atoms with Crippen LogP contribution in [0.5, 0.6) is 0 Å². The van der Waals surface area contributed by atoms with Gasteiger partial charge < -0.3 is 19.4 Å². The predicted molar refractivity (Wildman–Crippen MR) is 66.1 cm³/mol. The third kappa shape index (κ3) is 3.02. The molecule has 0 spiro atoms. The van der Waals surface area contributed by atoms with Crippen LogP contribution in [0.2, 0.25) is 0 Å². The number of rotatable bonds is 2. The third-order valence-electron chi connectivity index (χ3n) is 2.61. The first-order chi connectivity index (χ1) is 8.22. The summed E-state index contributed by atoms with van der Waals surface area (Å²) in [5.74, 6) is -0.552. The number of halogens is 1. The van der Waals surface area contributed by atoms with Gasteiger partial charge >= 0.3 is 5.97 Å². The molecule has 1 aliphatic heterocycles. The van der Waals surface area contributed by atoms with Crippen molar-refractivity contribution in [2.45, 2.75) is 0 Å². The van der Waals surface area contributed by atoms with Crippen molar-refractivity contribution >= 4 is 24.3 Å². The summed E-state index contributed by atoms with van der Waals surface area (Å²) >= 11 is 0. The highest BCUT2D eigenvalue weighted by atomic mass is 35.5. The Hall–Kier alpha value is -1.53. The molecule has 2 heterocycles. The molecule has 1 aliphatic rings. The lowest BCUT2D eigenvalue weighted by atomic mass is 10.3. The first-order valence-electron chi connectivity index (χ1n) is 5.40. The number of hydrogen-bond donors (Lipinski definition) is 1. The topological polar surface area (TPSA) is 71.8 Å². The van der Waals surface area contributed by atoms with E-state index in [9.17, 15) is 9.59 Å². The molecule has 18 heavy (non-hydrogen) atoms. The molecule has 1 aromatic heterocycles. The highest BCUT2D eigenvalue weighted by molar-refractivity contribution is 5.94. The fraction of sp³-hybridized carbons (Fsp3) is 0.455. The summed E-state index contributed by atoms with van der Waals surface area (Å²) in [4.78, 5) is 24.8. The predicted octanol–water partition coefficient (Wildman–Crippen LogP) is 0.533. The number of piperazine rings is 1. The minimum Gasteiger partial charge on any atom is -0.463 e. The molecule has 0 aliphatic carbocycles. The number of furan rings is 1. The second-order valence-electron chi connectivity index (χ2n) is 3.70. The van der Waals surface area contributed by atoms with E-state index in [2.05, 4.69) is 10.1 Å². The fourth-order valence-corrected chi connectivity index (χ4v) is 1.69. The highest BCUT2D eigenvalue weighted by Gasteiger charge is 2.22. The Bertz CT molecular complexity index is 426. The van der Waals surface area contributed by atoms with Crippen LogP contribution >= 0.6 is 12.4 Å². The van der Waals surface area contributed by atoms with Gasteiger partial charge in [-0.1, -0.05) is 0 Å². The number of esters is 1. The molecule has 0 aromatic carbocycles. The van der Waals surface area contributed by atoms with Crippen molar-refractivity contribution in [2.75, 3.05) is 33.3 Å². The van der Waals surface area contributed by atoms with E-state index in [1.54, 1.807) is 4.90 Å². The molecule has 1 N–H and O–H groups in total. The van der Waals surface area contributed by atoms with E-state index in [0.29, 0.717) is 13.1 Å². The van der Waals surface area contributed by atoms with Crippen molar-refractivity contribution in [3.8, 4) is 0 Å². The zero-order chi connectivity index (χ0) is 12.3. The second-order valence-corrected chi connectivity index (χ2v) is 3.70. The summed E-state index contributed by atoms with van der Waals surface area (Å²) < 4.78 is 9.67. The summed E-state index contributed by atoms with van der Waals surface area (Å²) in [6.07, 6.45) is 0. The van der Waals surface area contributed by atoms with Gasteiger partial charge in [0, 0.05) is 26.2 Å². The van der Waals surface area contributed by atoms with Crippen LogP contribution in [0, 0.1) is 0 Å². The van der Waals surface area contributed by atoms with Crippen LogP contribution in [-0.2, 0) is 4.74 Å². The lowest BCUT2D eigenvalue weighted by molar-refractivity contribution is 0.0558. The van der Waals surface area contributed by atoms with Crippen molar-refractivity contribution in [3.63, 3.8) is 0 Å². The van der Waals surface area contributed by atoms with Crippen molar-refractivity contribution < 1.29 is 18.7 Å². The second kappa shape index (κ2) is 6.42. The van der Waals surface area contributed by atoms with Crippen LogP contribution in [0.3, 0.4) is 0 Å². The van der Waals surface area contributed by atoms with Gasteiger partial charge in [0.05, 0.1) is 7.11 Å². The summed E-state index contributed by atoms with van der Waals surface area (Å²) in [5.41, 5.74) is 0. The molecule has 0 radical (unpaired) electrons. The molecular weight excluding hydrogens is 260 g/mol. The van der Waals surface area contributed by atoms with E-state index < -0.39 is 5.97 Å². The number of carbonyl (C=O) groups is 2. The third-order valence-corrected chi connectivity index (χ3v) is 2.61. The molecule has 1 fully saturated rings. The average molecular weight is 275 g/mol. The SMILES string of the molecule is COC(=O)c1ccc(C(=O)N2CCNCC2)o1.Cl. The summed E-state index contributed by atoms with van der Waals surface area (Å²) in [5, 5.41) is 3.16. The summed E-state index contributed by atoms with van der Waals surface area (Å²) in [7, 11) is 1.27.